The lowest BCUT2D eigenvalue weighted by molar-refractivity contribution is 0.575. The number of hydrogen-bond donors (Lipinski definition) is 1. The molecule has 2 aromatic carbocycles. The third-order valence-electron chi connectivity index (χ3n) is 3.88. The molecule has 0 aliphatic heterocycles. The van der Waals surface area contributed by atoms with E-state index in [1.165, 1.54) is 12.1 Å². The van der Waals surface area contributed by atoms with E-state index in [1.54, 1.807) is 36.4 Å². The van der Waals surface area contributed by atoms with Crippen molar-refractivity contribution in [2.45, 2.75) is 29.7 Å². The Morgan fingerprint density at radius 3 is 2.41 bits per heavy atom. The number of halogens is 2. The molecule has 1 aromatic heterocycles. The Labute approximate surface area is 171 Å². The third-order valence-corrected chi connectivity index (χ3v) is 6.34. The van der Waals surface area contributed by atoms with Crippen molar-refractivity contribution in [1.82, 2.24) is 4.98 Å². The highest BCUT2D eigenvalue weighted by atomic mass is 79.9. The summed E-state index contributed by atoms with van der Waals surface area (Å²) in [5.41, 5.74) is 0.648. The fourth-order valence-electron chi connectivity index (χ4n) is 2.42. The zero-order valence-corrected chi connectivity index (χ0v) is 17.7. The normalized spacial score (nSPS) is 11.5. The number of unbranched alkanes of at least 4 members (excludes halogenated alkanes) is 1. The van der Waals surface area contributed by atoms with Gasteiger partial charge < -0.3 is 9.73 Å². The Bertz CT molecular complexity index is 1020. The molecule has 3 rings (SSSR count). The molecular formula is C19H18BrClN2O3S. The maximum absolute atomic E-state index is 13.1. The lowest BCUT2D eigenvalue weighted by atomic mass is 10.2. The smallest absolute Gasteiger partial charge is 0.233 e. The molecule has 142 valence electrons. The molecule has 8 heteroatoms. The Hall–Kier alpha value is -1.83. The maximum Gasteiger partial charge on any atom is 0.233 e. The molecule has 0 fully saturated rings. The molecule has 0 radical (unpaired) electrons. The van der Waals surface area contributed by atoms with E-state index < -0.39 is 9.84 Å². The Morgan fingerprint density at radius 1 is 1.11 bits per heavy atom. The minimum atomic E-state index is -3.83. The largest absolute Gasteiger partial charge is 0.419 e. The highest BCUT2D eigenvalue weighted by molar-refractivity contribution is 9.10. The summed E-state index contributed by atoms with van der Waals surface area (Å²) in [5.74, 6) is 0.373. The van der Waals surface area contributed by atoms with E-state index >= 15 is 0 Å². The molecule has 0 aliphatic carbocycles. The average Bonchev–Trinajstić information content (AvgIpc) is 3.08. The highest BCUT2D eigenvalue weighted by Crippen LogP contribution is 2.33. The van der Waals surface area contributed by atoms with Crippen molar-refractivity contribution in [1.29, 1.82) is 0 Å². The van der Waals surface area contributed by atoms with Gasteiger partial charge in [-0.2, -0.15) is 4.98 Å². The van der Waals surface area contributed by atoms with E-state index in [9.17, 15) is 8.42 Å². The zero-order chi connectivity index (χ0) is 19.4. The van der Waals surface area contributed by atoms with Crippen molar-refractivity contribution < 1.29 is 12.8 Å². The summed E-state index contributed by atoms with van der Waals surface area (Å²) in [6.45, 7) is 2.65. The van der Waals surface area contributed by atoms with Crippen molar-refractivity contribution in [2.75, 3.05) is 11.9 Å². The molecule has 5 nitrogen and oxygen atoms in total. The van der Waals surface area contributed by atoms with Crippen LogP contribution in [0.25, 0.3) is 11.5 Å². The van der Waals surface area contributed by atoms with E-state index in [0.717, 1.165) is 17.3 Å². The van der Waals surface area contributed by atoms with Crippen molar-refractivity contribution in [3.8, 4) is 11.5 Å². The van der Waals surface area contributed by atoms with Crippen molar-refractivity contribution >= 4 is 43.3 Å². The van der Waals surface area contributed by atoms with Crippen LogP contribution in [0.1, 0.15) is 19.8 Å². The second-order valence-corrected chi connectivity index (χ2v) is 9.11. The van der Waals surface area contributed by atoms with Crippen LogP contribution < -0.4 is 5.32 Å². The van der Waals surface area contributed by atoms with Crippen molar-refractivity contribution in [3.63, 3.8) is 0 Å². The summed E-state index contributed by atoms with van der Waals surface area (Å²) in [4.78, 5) is 4.44. The summed E-state index contributed by atoms with van der Waals surface area (Å²) in [7, 11) is -3.83. The Balaban J connectivity index is 2.06. The van der Waals surface area contributed by atoms with Gasteiger partial charge >= 0.3 is 0 Å². The molecule has 0 bridgehead atoms. The fourth-order valence-corrected chi connectivity index (χ4v) is 4.09. The van der Waals surface area contributed by atoms with Gasteiger partial charge in [0, 0.05) is 21.6 Å². The standard InChI is InChI=1S/C19H18BrClN2O3S/c1-2-3-12-22-18-19(27(24,25)16-10-6-14(20)7-11-16)23-17(26-18)13-4-8-15(21)9-5-13/h4-11,22H,2-3,12H2,1H3. The van der Waals surface area contributed by atoms with Gasteiger partial charge in [0.1, 0.15) is 0 Å². The van der Waals surface area contributed by atoms with Gasteiger partial charge in [-0.15, -0.1) is 0 Å². The fraction of sp³-hybridized carbons (Fsp3) is 0.211. The maximum atomic E-state index is 13.1. The van der Waals surface area contributed by atoms with Crippen LogP contribution >= 0.6 is 27.5 Å². The van der Waals surface area contributed by atoms with Gasteiger partial charge in [-0.1, -0.05) is 40.9 Å². The number of aromatic nitrogens is 1. The molecule has 1 heterocycles. The summed E-state index contributed by atoms with van der Waals surface area (Å²) >= 11 is 9.24. The number of hydrogen-bond acceptors (Lipinski definition) is 5. The van der Waals surface area contributed by atoms with Crippen LogP contribution in [0.3, 0.4) is 0 Å². The first kappa shape index (κ1) is 19.9. The molecule has 0 unspecified atom stereocenters. The van der Waals surface area contributed by atoms with Gasteiger partial charge in [-0.25, -0.2) is 8.42 Å². The molecule has 27 heavy (non-hydrogen) atoms. The van der Waals surface area contributed by atoms with Crippen LogP contribution in [0.15, 0.2) is 67.3 Å². The average molecular weight is 470 g/mol. The zero-order valence-electron chi connectivity index (χ0n) is 14.6. The number of nitrogens with zero attached hydrogens (tertiary/aromatic N) is 1. The van der Waals surface area contributed by atoms with Crippen LogP contribution in [0.2, 0.25) is 5.02 Å². The second-order valence-electron chi connectivity index (χ2n) is 5.90. The lowest BCUT2D eigenvalue weighted by Gasteiger charge is -2.05. The molecule has 0 atom stereocenters. The SMILES string of the molecule is CCCCNc1oc(-c2ccc(Cl)cc2)nc1S(=O)(=O)c1ccc(Br)cc1. The van der Waals surface area contributed by atoms with Crippen LogP contribution in [-0.4, -0.2) is 19.9 Å². The predicted octanol–water partition coefficient (Wildman–Crippen LogP) is 5.80. The van der Waals surface area contributed by atoms with Gasteiger partial charge in [-0.3, -0.25) is 0 Å². The van der Waals surface area contributed by atoms with E-state index in [2.05, 4.69) is 33.2 Å². The minimum absolute atomic E-state index is 0.120. The third kappa shape index (κ3) is 4.54. The second kappa shape index (κ2) is 8.46. The molecule has 1 N–H and O–H groups in total. The minimum Gasteiger partial charge on any atom is -0.419 e. The molecule has 3 aromatic rings. The summed E-state index contributed by atoms with van der Waals surface area (Å²) < 4.78 is 32.8. The first-order chi connectivity index (χ1) is 12.9. The number of rotatable bonds is 7. The topological polar surface area (TPSA) is 72.2 Å². The number of benzene rings is 2. The predicted molar refractivity (Wildman–Crippen MR) is 110 cm³/mol. The first-order valence-electron chi connectivity index (χ1n) is 8.43. The van der Waals surface area contributed by atoms with Gasteiger partial charge in [-0.05, 0) is 55.0 Å². The van der Waals surface area contributed by atoms with E-state index in [4.69, 9.17) is 16.0 Å². The lowest BCUT2D eigenvalue weighted by Crippen LogP contribution is -2.08. The van der Waals surface area contributed by atoms with Crippen LogP contribution in [0.4, 0.5) is 5.88 Å². The molecule has 0 aliphatic rings. The van der Waals surface area contributed by atoms with Crippen LogP contribution in [-0.2, 0) is 9.84 Å². The van der Waals surface area contributed by atoms with E-state index in [0.29, 0.717) is 17.1 Å². The number of anilines is 1. The van der Waals surface area contributed by atoms with Gasteiger partial charge in [0.2, 0.25) is 26.6 Å². The number of sulfone groups is 1. The first-order valence-corrected chi connectivity index (χ1v) is 11.1. The number of nitrogens with one attached hydrogen (secondary N) is 1. The van der Waals surface area contributed by atoms with E-state index in [-0.39, 0.29) is 21.7 Å². The molecule has 0 amide bonds. The Morgan fingerprint density at radius 2 is 1.78 bits per heavy atom. The quantitative estimate of drug-likeness (QED) is 0.443. The van der Waals surface area contributed by atoms with Gasteiger partial charge in [0.25, 0.3) is 0 Å². The van der Waals surface area contributed by atoms with Gasteiger partial charge in [0.15, 0.2) is 0 Å². The highest BCUT2D eigenvalue weighted by Gasteiger charge is 2.28. The monoisotopic (exact) mass is 468 g/mol. The molecule has 0 spiro atoms. The molecule has 0 saturated heterocycles. The van der Waals surface area contributed by atoms with Crippen LogP contribution in [0, 0.1) is 0 Å². The summed E-state index contributed by atoms with van der Waals surface area (Å²) in [6.07, 6.45) is 1.86. The van der Waals surface area contributed by atoms with Gasteiger partial charge in [0.05, 0.1) is 4.90 Å². The Kier molecular flexibility index (Phi) is 6.24. The van der Waals surface area contributed by atoms with Crippen LogP contribution in [0.5, 0.6) is 0 Å². The molecule has 0 saturated carbocycles. The van der Waals surface area contributed by atoms with Crippen molar-refractivity contribution in [3.05, 3.63) is 58.0 Å². The summed E-state index contributed by atoms with van der Waals surface area (Å²) in [5, 5.41) is 3.52. The van der Waals surface area contributed by atoms with E-state index in [1.807, 2.05) is 0 Å². The number of oxazole rings is 1. The molecular weight excluding hydrogens is 452 g/mol. The summed E-state index contributed by atoms with van der Waals surface area (Å²) in [6, 6.07) is 13.3. The van der Waals surface area contributed by atoms with Crippen molar-refractivity contribution in [2.24, 2.45) is 0 Å².